The Morgan fingerprint density at radius 3 is 2.60 bits per heavy atom. The van der Waals surface area contributed by atoms with Crippen molar-refractivity contribution in [1.82, 2.24) is 4.90 Å². The molecule has 1 aromatic rings. The lowest BCUT2D eigenvalue weighted by atomic mass is 9.94. The van der Waals surface area contributed by atoms with Gasteiger partial charge < -0.3 is 20.1 Å². The molecule has 1 aliphatic heterocycles. The molecular weight excluding hydrogens is 256 g/mol. The second-order valence-corrected chi connectivity index (χ2v) is 5.21. The zero-order chi connectivity index (χ0) is 14.5. The first-order valence-electron chi connectivity index (χ1n) is 6.90. The Morgan fingerprint density at radius 2 is 1.95 bits per heavy atom. The summed E-state index contributed by atoms with van der Waals surface area (Å²) < 4.78 is 10.7. The summed E-state index contributed by atoms with van der Waals surface area (Å²) in [6.07, 6.45) is 0.531. The molecule has 0 aromatic heterocycles. The zero-order valence-corrected chi connectivity index (χ0v) is 12.0. The third-order valence-corrected chi connectivity index (χ3v) is 3.70. The largest absolute Gasteiger partial charge is 0.497 e. The van der Waals surface area contributed by atoms with Crippen LogP contribution in [0.2, 0.25) is 0 Å². The average Bonchev–Trinajstić information content (AvgIpc) is 2.45. The SMILES string of the molecule is COc1ccc(OCCN2CC(N)C(C)CC2=O)cc1. The van der Waals surface area contributed by atoms with Gasteiger partial charge in [0, 0.05) is 19.0 Å². The van der Waals surface area contributed by atoms with E-state index in [1.165, 1.54) is 0 Å². The number of ether oxygens (including phenoxy) is 2. The summed E-state index contributed by atoms with van der Waals surface area (Å²) >= 11 is 0. The molecule has 1 aliphatic rings. The van der Waals surface area contributed by atoms with Crippen LogP contribution in [0.3, 0.4) is 0 Å². The number of amides is 1. The first-order chi connectivity index (χ1) is 9.60. The topological polar surface area (TPSA) is 64.8 Å². The van der Waals surface area contributed by atoms with E-state index >= 15 is 0 Å². The van der Waals surface area contributed by atoms with E-state index in [1.54, 1.807) is 12.0 Å². The fourth-order valence-corrected chi connectivity index (χ4v) is 2.25. The molecule has 0 radical (unpaired) electrons. The Morgan fingerprint density at radius 1 is 1.30 bits per heavy atom. The van der Waals surface area contributed by atoms with Crippen LogP contribution in [0, 0.1) is 5.92 Å². The van der Waals surface area contributed by atoms with Gasteiger partial charge in [-0.1, -0.05) is 6.92 Å². The molecule has 0 aliphatic carbocycles. The van der Waals surface area contributed by atoms with Crippen molar-refractivity contribution in [3.63, 3.8) is 0 Å². The van der Waals surface area contributed by atoms with Crippen molar-refractivity contribution in [2.75, 3.05) is 26.8 Å². The van der Waals surface area contributed by atoms with Crippen molar-refractivity contribution in [3.05, 3.63) is 24.3 Å². The highest BCUT2D eigenvalue weighted by atomic mass is 16.5. The van der Waals surface area contributed by atoms with Gasteiger partial charge in [0.25, 0.3) is 0 Å². The number of rotatable bonds is 5. The normalized spacial score (nSPS) is 22.8. The van der Waals surface area contributed by atoms with Crippen molar-refractivity contribution in [1.29, 1.82) is 0 Å². The minimum atomic E-state index is 0.0636. The molecule has 1 heterocycles. The number of carbonyl (C=O) groups excluding carboxylic acids is 1. The maximum absolute atomic E-state index is 11.9. The first kappa shape index (κ1) is 14.7. The zero-order valence-electron chi connectivity index (χ0n) is 12.0. The summed E-state index contributed by atoms with van der Waals surface area (Å²) in [5, 5.41) is 0. The molecule has 2 atom stereocenters. The number of piperidine rings is 1. The third kappa shape index (κ3) is 3.63. The van der Waals surface area contributed by atoms with Gasteiger partial charge in [0.05, 0.1) is 13.7 Å². The molecule has 1 aromatic carbocycles. The van der Waals surface area contributed by atoms with Gasteiger partial charge >= 0.3 is 0 Å². The Hall–Kier alpha value is -1.75. The van der Waals surface area contributed by atoms with Gasteiger partial charge in [-0.25, -0.2) is 0 Å². The van der Waals surface area contributed by atoms with Crippen molar-refractivity contribution in [2.24, 2.45) is 11.7 Å². The van der Waals surface area contributed by atoms with Crippen LogP contribution < -0.4 is 15.2 Å². The predicted molar refractivity (Wildman–Crippen MR) is 76.8 cm³/mol. The maximum Gasteiger partial charge on any atom is 0.223 e. The minimum Gasteiger partial charge on any atom is -0.497 e. The van der Waals surface area contributed by atoms with E-state index in [0.717, 1.165) is 11.5 Å². The summed E-state index contributed by atoms with van der Waals surface area (Å²) in [5.74, 6) is 2.00. The quantitative estimate of drug-likeness (QED) is 0.881. The molecule has 1 amide bonds. The van der Waals surface area contributed by atoms with Gasteiger partial charge in [-0.15, -0.1) is 0 Å². The van der Waals surface area contributed by atoms with Crippen molar-refractivity contribution in [3.8, 4) is 11.5 Å². The fourth-order valence-electron chi connectivity index (χ4n) is 2.25. The molecular formula is C15H22N2O3. The molecule has 2 unspecified atom stereocenters. The van der Waals surface area contributed by atoms with Crippen LogP contribution in [0.15, 0.2) is 24.3 Å². The van der Waals surface area contributed by atoms with Crippen molar-refractivity contribution in [2.45, 2.75) is 19.4 Å². The highest BCUT2D eigenvalue weighted by Gasteiger charge is 2.28. The number of carbonyl (C=O) groups is 1. The number of hydrogen-bond acceptors (Lipinski definition) is 4. The minimum absolute atomic E-state index is 0.0636. The van der Waals surface area contributed by atoms with Crippen molar-refractivity contribution >= 4 is 5.91 Å². The summed E-state index contributed by atoms with van der Waals surface area (Å²) in [6, 6.07) is 7.46. The van der Waals surface area contributed by atoms with Crippen LogP contribution in [-0.4, -0.2) is 43.7 Å². The molecule has 110 valence electrons. The number of methoxy groups -OCH3 is 1. The summed E-state index contributed by atoms with van der Waals surface area (Å²) in [4.78, 5) is 13.7. The fraction of sp³-hybridized carbons (Fsp3) is 0.533. The highest BCUT2D eigenvalue weighted by Crippen LogP contribution is 2.18. The van der Waals surface area contributed by atoms with E-state index in [1.807, 2.05) is 31.2 Å². The van der Waals surface area contributed by atoms with Crippen LogP contribution in [-0.2, 0) is 4.79 Å². The van der Waals surface area contributed by atoms with Crippen LogP contribution in [0.5, 0.6) is 11.5 Å². The molecule has 0 bridgehead atoms. The summed E-state index contributed by atoms with van der Waals surface area (Å²) in [5.41, 5.74) is 6.00. The van der Waals surface area contributed by atoms with Gasteiger partial charge in [0.2, 0.25) is 5.91 Å². The lowest BCUT2D eigenvalue weighted by Gasteiger charge is -2.34. The Labute approximate surface area is 119 Å². The van der Waals surface area contributed by atoms with Gasteiger partial charge in [-0.05, 0) is 30.2 Å². The van der Waals surface area contributed by atoms with E-state index < -0.39 is 0 Å². The maximum atomic E-state index is 11.9. The number of nitrogens with zero attached hydrogens (tertiary/aromatic N) is 1. The van der Waals surface area contributed by atoms with E-state index in [0.29, 0.717) is 26.1 Å². The van der Waals surface area contributed by atoms with Gasteiger partial charge in [0.1, 0.15) is 18.1 Å². The molecule has 1 fully saturated rings. The molecule has 1 saturated heterocycles. The molecule has 2 N–H and O–H groups in total. The molecule has 20 heavy (non-hydrogen) atoms. The van der Waals surface area contributed by atoms with E-state index in [9.17, 15) is 4.79 Å². The number of likely N-dealkylation sites (tertiary alicyclic amines) is 1. The van der Waals surface area contributed by atoms with Gasteiger partial charge in [0.15, 0.2) is 0 Å². The van der Waals surface area contributed by atoms with Crippen LogP contribution in [0.4, 0.5) is 0 Å². The predicted octanol–water partition coefficient (Wildman–Crippen LogP) is 1.27. The summed E-state index contributed by atoms with van der Waals surface area (Å²) in [6.45, 7) is 3.68. The van der Waals surface area contributed by atoms with Crippen LogP contribution in [0.1, 0.15) is 13.3 Å². The molecule has 5 heteroatoms. The molecule has 0 saturated carbocycles. The van der Waals surface area contributed by atoms with Crippen molar-refractivity contribution < 1.29 is 14.3 Å². The van der Waals surface area contributed by atoms with E-state index in [2.05, 4.69) is 0 Å². The molecule has 2 rings (SSSR count). The number of benzene rings is 1. The number of nitrogens with two attached hydrogens (primary N) is 1. The second-order valence-electron chi connectivity index (χ2n) is 5.21. The standard InChI is InChI=1S/C15H22N2O3/c1-11-9-15(18)17(10-14(11)16)7-8-20-13-5-3-12(19-2)4-6-13/h3-6,11,14H,7-10,16H2,1-2H3. The monoisotopic (exact) mass is 278 g/mol. The molecule has 5 nitrogen and oxygen atoms in total. The van der Waals surface area contributed by atoms with E-state index in [-0.39, 0.29) is 17.9 Å². The Balaban J connectivity index is 1.78. The van der Waals surface area contributed by atoms with E-state index in [4.69, 9.17) is 15.2 Å². The highest BCUT2D eigenvalue weighted by molar-refractivity contribution is 5.77. The lowest BCUT2D eigenvalue weighted by Crippen LogP contribution is -2.51. The van der Waals surface area contributed by atoms with Crippen LogP contribution >= 0.6 is 0 Å². The third-order valence-electron chi connectivity index (χ3n) is 3.70. The average molecular weight is 278 g/mol. The lowest BCUT2D eigenvalue weighted by molar-refractivity contribution is -0.135. The summed E-state index contributed by atoms with van der Waals surface area (Å²) in [7, 11) is 1.63. The second kappa shape index (κ2) is 6.61. The number of hydrogen-bond donors (Lipinski definition) is 1. The first-order valence-corrected chi connectivity index (χ1v) is 6.90. The van der Waals surface area contributed by atoms with Crippen LogP contribution in [0.25, 0.3) is 0 Å². The van der Waals surface area contributed by atoms with Gasteiger partial charge in [-0.2, -0.15) is 0 Å². The Kier molecular flexibility index (Phi) is 4.84. The van der Waals surface area contributed by atoms with Gasteiger partial charge in [-0.3, -0.25) is 4.79 Å². The smallest absolute Gasteiger partial charge is 0.223 e. The Bertz CT molecular complexity index is 447. The molecule has 0 spiro atoms.